The number of anilines is 2. The third kappa shape index (κ3) is 2.84. The van der Waals surface area contributed by atoms with E-state index < -0.39 is 0 Å². The summed E-state index contributed by atoms with van der Waals surface area (Å²) < 4.78 is 3.72. The number of aromatic nitrogens is 3. The standard InChI is InChI=1S/C14H21N5O/c1-5-19-10-11(6-7-13(19)20)15-8-12-9-16-14(17(2)3)18(12)4/h6-7,9-10,15H,5,8H2,1-4H3. The second kappa shape index (κ2) is 5.81. The maximum atomic E-state index is 11.5. The van der Waals surface area contributed by atoms with E-state index in [0.717, 1.165) is 17.3 Å². The third-order valence-corrected chi connectivity index (χ3v) is 3.26. The van der Waals surface area contributed by atoms with Crippen LogP contribution in [0.1, 0.15) is 12.6 Å². The Morgan fingerprint density at radius 3 is 2.70 bits per heavy atom. The number of pyridine rings is 1. The first kappa shape index (κ1) is 14.2. The van der Waals surface area contributed by atoms with Gasteiger partial charge in [-0.15, -0.1) is 0 Å². The van der Waals surface area contributed by atoms with Crippen LogP contribution in [0, 0.1) is 0 Å². The highest BCUT2D eigenvalue weighted by Crippen LogP contribution is 2.13. The van der Waals surface area contributed by atoms with Gasteiger partial charge in [0.15, 0.2) is 0 Å². The Morgan fingerprint density at radius 2 is 2.10 bits per heavy atom. The SMILES string of the molecule is CCn1cc(NCc2cnc(N(C)C)n2C)ccc1=O. The predicted octanol–water partition coefficient (Wildman–Crippen LogP) is 1.28. The Labute approximate surface area is 118 Å². The van der Waals surface area contributed by atoms with Crippen LogP contribution < -0.4 is 15.8 Å². The van der Waals surface area contributed by atoms with E-state index in [1.54, 1.807) is 16.7 Å². The normalized spacial score (nSPS) is 10.6. The molecule has 1 N–H and O–H groups in total. The van der Waals surface area contributed by atoms with Gasteiger partial charge in [0.2, 0.25) is 5.95 Å². The second-order valence-corrected chi connectivity index (χ2v) is 4.90. The highest BCUT2D eigenvalue weighted by molar-refractivity contribution is 5.41. The summed E-state index contributed by atoms with van der Waals surface area (Å²) in [4.78, 5) is 17.9. The lowest BCUT2D eigenvalue weighted by molar-refractivity contribution is 0.727. The minimum atomic E-state index is 0.0217. The molecular formula is C14H21N5O. The average Bonchev–Trinajstić information content (AvgIpc) is 2.79. The molecule has 6 heteroatoms. The van der Waals surface area contributed by atoms with E-state index in [1.165, 1.54) is 0 Å². The molecule has 6 nitrogen and oxygen atoms in total. The molecule has 2 rings (SSSR count). The van der Waals surface area contributed by atoms with Gasteiger partial charge < -0.3 is 19.4 Å². The highest BCUT2D eigenvalue weighted by Gasteiger charge is 2.07. The van der Waals surface area contributed by atoms with Crippen LogP contribution in [-0.4, -0.2) is 28.2 Å². The van der Waals surface area contributed by atoms with E-state index in [9.17, 15) is 4.79 Å². The molecule has 2 aromatic heterocycles. The molecule has 0 aliphatic carbocycles. The number of nitrogens with one attached hydrogen (secondary N) is 1. The molecule has 0 radical (unpaired) electrons. The molecule has 0 aliphatic heterocycles. The Balaban J connectivity index is 2.11. The van der Waals surface area contributed by atoms with Crippen LogP contribution in [0.5, 0.6) is 0 Å². The van der Waals surface area contributed by atoms with E-state index in [1.807, 2.05) is 49.9 Å². The second-order valence-electron chi connectivity index (χ2n) is 4.90. The molecular weight excluding hydrogens is 254 g/mol. The molecule has 2 heterocycles. The summed E-state index contributed by atoms with van der Waals surface area (Å²) in [5.74, 6) is 0.917. The van der Waals surface area contributed by atoms with E-state index in [2.05, 4.69) is 10.3 Å². The number of aryl methyl sites for hydroxylation is 1. The van der Waals surface area contributed by atoms with Crippen LogP contribution in [0.2, 0.25) is 0 Å². The van der Waals surface area contributed by atoms with Crippen molar-refractivity contribution in [1.29, 1.82) is 0 Å². The smallest absolute Gasteiger partial charge is 0.250 e. The summed E-state index contributed by atoms with van der Waals surface area (Å²) >= 11 is 0. The van der Waals surface area contributed by atoms with E-state index in [4.69, 9.17) is 0 Å². The van der Waals surface area contributed by atoms with Crippen molar-refractivity contribution in [3.8, 4) is 0 Å². The van der Waals surface area contributed by atoms with Gasteiger partial charge in [0.25, 0.3) is 5.56 Å². The third-order valence-electron chi connectivity index (χ3n) is 3.26. The van der Waals surface area contributed by atoms with Crippen molar-refractivity contribution in [2.24, 2.45) is 7.05 Å². The zero-order valence-electron chi connectivity index (χ0n) is 12.4. The van der Waals surface area contributed by atoms with Gasteiger partial charge in [-0.3, -0.25) is 4.79 Å². The van der Waals surface area contributed by atoms with Gasteiger partial charge in [-0.25, -0.2) is 4.98 Å². The molecule has 0 fully saturated rings. The molecule has 20 heavy (non-hydrogen) atoms. The summed E-state index contributed by atoms with van der Waals surface area (Å²) in [5, 5.41) is 3.32. The molecule has 2 aromatic rings. The zero-order valence-corrected chi connectivity index (χ0v) is 12.4. The number of hydrogen-bond acceptors (Lipinski definition) is 4. The Morgan fingerprint density at radius 1 is 1.35 bits per heavy atom. The summed E-state index contributed by atoms with van der Waals surface area (Å²) in [5.41, 5.74) is 2.04. The number of imidazole rings is 1. The van der Waals surface area contributed by atoms with Crippen LogP contribution in [0.4, 0.5) is 11.6 Å². The predicted molar refractivity (Wildman–Crippen MR) is 81.2 cm³/mol. The minimum Gasteiger partial charge on any atom is -0.378 e. The number of hydrogen-bond donors (Lipinski definition) is 1. The van der Waals surface area contributed by atoms with E-state index in [-0.39, 0.29) is 5.56 Å². The fourth-order valence-corrected chi connectivity index (χ4v) is 2.09. The summed E-state index contributed by atoms with van der Waals surface area (Å²) in [6.45, 7) is 3.29. The first-order valence-electron chi connectivity index (χ1n) is 6.65. The first-order valence-corrected chi connectivity index (χ1v) is 6.65. The van der Waals surface area contributed by atoms with Crippen LogP contribution in [0.25, 0.3) is 0 Å². The van der Waals surface area contributed by atoms with Crippen molar-refractivity contribution in [2.45, 2.75) is 20.0 Å². The average molecular weight is 275 g/mol. The maximum absolute atomic E-state index is 11.5. The fourth-order valence-electron chi connectivity index (χ4n) is 2.09. The lowest BCUT2D eigenvalue weighted by atomic mass is 10.3. The molecule has 0 aliphatic rings. The lowest BCUT2D eigenvalue weighted by Gasteiger charge is -2.13. The van der Waals surface area contributed by atoms with Crippen molar-refractivity contribution in [3.05, 3.63) is 40.6 Å². The summed E-state index contributed by atoms with van der Waals surface area (Å²) in [6.07, 6.45) is 3.70. The van der Waals surface area contributed by atoms with Gasteiger partial charge in [-0.05, 0) is 13.0 Å². The van der Waals surface area contributed by atoms with Gasteiger partial charge in [-0.1, -0.05) is 0 Å². The van der Waals surface area contributed by atoms with E-state index >= 15 is 0 Å². The van der Waals surface area contributed by atoms with Crippen molar-refractivity contribution in [2.75, 3.05) is 24.3 Å². The molecule has 108 valence electrons. The van der Waals surface area contributed by atoms with Gasteiger partial charge in [0.1, 0.15) is 0 Å². The Hall–Kier alpha value is -2.24. The lowest BCUT2D eigenvalue weighted by Crippen LogP contribution is -2.18. The van der Waals surface area contributed by atoms with Gasteiger partial charge in [0.05, 0.1) is 24.1 Å². The highest BCUT2D eigenvalue weighted by atomic mass is 16.1. The quantitative estimate of drug-likeness (QED) is 0.893. The largest absolute Gasteiger partial charge is 0.378 e. The molecule has 0 bridgehead atoms. The number of rotatable bonds is 5. The van der Waals surface area contributed by atoms with Crippen molar-refractivity contribution < 1.29 is 0 Å². The van der Waals surface area contributed by atoms with Gasteiger partial charge in [0, 0.05) is 40.0 Å². The number of nitrogens with zero attached hydrogens (tertiary/aromatic N) is 4. The summed E-state index contributed by atoms with van der Waals surface area (Å²) in [7, 11) is 5.93. The molecule has 0 spiro atoms. The Bertz CT molecular complexity index is 641. The monoisotopic (exact) mass is 275 g/mol. The molecule has 0 saturated heterocycles. The fraction of sp³-hybridized carbons (Fsp3) is 0.429. The van der Waals surface area contributed by atoms with E-state index in [0.29, 0.717) is 13.1 Å². The van der Waals surface area contributed by atoms with Crippen LogP contribution in [-0.2, 0) is 20.1 Å². The van der Waals surface area contributed by atoms with Crippen LogP contribution in [0.15, 0.2) is 29.3 Å². The van der Waals surface area contributed by atoms with Crippen molar-refractivity contribution >= 4 is 11.6 Å². The molecule has 0 amide bonds. The summed E-state index contributed by atoms with van der Waals surface area (Å²) in [6, 6.07) is 3.39. The van der Waals surface area contributed by atoms with Gasteiger partial charge >= 0.3 is 0 Å². The molecule has 0 unspecified atom stereocenters. The van der Waals surface area contributed by atoms with Crippen LogP contribution >= 0.6 is 0 Å². The zero-order chi connectivity index (χ0) is 14.7. The molecule has 0 saturated carbocycles. The van der Waals surface area contributed by atoms with Crippen molar-refractivity contribution in [3.63, 3.8) is 0 Å². The van der Waals surface area contributed by atoms with Crippen molar-refractivity contribution in [1.82, 2.24) is 14.1 Å². The van der Waals surface area contributed by atoms with Gasteiger partial charge in [-0.2, -0.15) is 0 Å². The first-order chi connectivity index (χ1) is 9.52. The minimum absolute atomic E-state index is 0.0217. The topological polar surface area (TPSA) is 55.1 Å². The maximum Gasteiger partial charge on any atom is 0.250 e. The van der Waals surface area contributed by atoms with Crippen LogP contribution in [0.3, 0.4) is 0 Å². The molecule has 0 atom stereocenters. The molecule has 0 aromatic carbocycles. The Kier molecular flexibility index (Phi) is 4.12.